The molecule has 27 heavy (non-hydrogen) atoms. The molecule has 8 heteroatoms. The van der Waals surface area contributed by atoms with E-state index in [1.54, 1.807) is 31.6 Å². The molecular formula is C19H26N6O2. The molecule has 0 unspecified atom stereocenters. The summed E-state index contributed by atoms with van der Waals surface area (Å²) in [4.78, 5) is 24.3. The Morgan fingerprint density at radius 1 is 1.26 bits per heavy atom. The number of hydrogen-bond donors (Lipinski definition) is 3. The minimum atomic E-state index is -0.347. The zero-order valence-corrected chi connectivity index (χ0v) is 16.0. The largest absolute Gasteiger partial charge is 0.355 e. The molecule has 3 N–H and O–H groups in total. The van der Waals surface area contributed by atoms with Crippen molar-refractivity contribution < 1.29 is 9.59 Å². The summed E-state index contributed by atoms with van der Waals surface area (Å²) in [5.41, 5.74) is 1.96. The van der Waals surface area contributed by atoms with Gasteiger partial charge in [0, 0.05) is 24.3 Å². The summed E-state index contributed by atoms with van der Waals surface area (Å²) < 4.78 is 2.08. The van der Waals surface area contributed by atoms with Crippen LogP contribution in [0.5, 0.6) is 0 Å². The fourth-order valence-electron chi connectivity index (χ4n) is 3.49. The molecule has 1 aliphatic rings. The van der Waals surface area contributed by atoms with E-state index >= 15 is 0 Å². The first-order chi connectivity index (χ1) is 13.0. The van der Waals surface area contributed by atoms with Gasteiger partial charge < -0.3 is 20.5 Å². The summed E-state index contributed by atoms with van der Waals surface area (Å²) in [5.74, 6) is 0.560. The molecule has 0 radical (unpaired) electrons. The summed E-state index contributed by atoms with van der Waals surface area (Å²) in [7, 11) is 1.57. The quantitative estimate of drug-likeness (QED) is 0.753. The lowest BCUT2D eigenvalue weighted by atomic mass is 10.1. The monoisotopic (exact) mass is 370 g/mol. The maximum absolute atomic E-state index is 12.5. The maximum Gasteiger partial charge on any atom is 0.319 e. The van der Waals surface area contributed by atoms with Gasteiger partial charge in [-0.1, -0.05) is 18.9 Å². The third kappa shape index (κ3) is 4.27. The molecule has 0 saturated heterocycles. The molecule has 1 aromatic carbocycles. The second-order valence-electron chi connectivity index (χ2n) is 6.96. The Morgan fingerprint density at radius 2 is 2.00 bits per heavy atom. The van der Waals surface area contributed by atoms with E-state index < -0.39 is 0 Å². The van der Waals surface area contributed by atoms with Gasteiger partial charge in [0.2, 0.25) is 0 Å². The van der Waals surface area contributed by atoms with Crippen LogP contribution in [-0.2, 0) is 0 Å². The fourth-order valence-corrected chi connectivity index (χ4v) is 3.49. The SMILES string of the molecule is CNC(=O)c1ccc(C)c(NC(=O)N[C@H](C)c2nncn2C2CCCC2)c1. The number of amides is 3. The molecular weight excluding hydrogens is 344 g/mol. The number of benzene rings is 1. The lowest BCUT2D eigenvalue weighted by molar-refractivity contribution is 0.0963. The van der Waals surface area contributed by atoms with Crippen molar-refractivity contribution in [3.05, 3.63) is 41.5 Å². The molecule has 3 amide bonds. The number of anilines is 1. The van der Waals surface area contributed by atoms with Gasteiger partial charge in [0.15, 0.2) is 5.82 Å². The van der Waals surface area contributed by atoms with Crippen LogP contribution >= 0.6 is 0 Å². The molecule has 1 atom stereocenters. The predicted octanol–water partition coefficient (Wildman–Crippen LogP) is 2.94. The zero-order chi connectivity index (χ0) is 19.4. The van der Waals surface area contributed by atoms with E-state index in [-0.39, 0.29) is 18.0 Å². The molecule has 1 aromatic heterocycles. The lowest BCUT2D eigenvalue weighted by Crippen LogP contribution is -2.33. The first kappa shape index (κ1) is 18.9. The first-order valence-electron chi connectivity index (χ1n) is 9.29. The highest BCUT2D eigenvalue weighted by atomic mass is 16.2. The van der Waals surface area contributed by atoms with Crippen LogP contribution in [0, 0.1) is 6.92 Å². The fraction of sp³-hybridized carbons (Fsp3) is 0.474. The van der Waals surface area contributed by atoms with Gasteiger partial charge >= 0.3 is 6.03 Å². The number of aryl methyl sites for hydroxylation is 1. The Hall–Kier alpha value is -2.90. The van der Waals surface area contributed by atoms with Crippen molar-refractivity contribution in [2.24, 2.45) is 0 Å². The number of carbonyl (C=O) groups is 2. The Bertz CT molecular complexity index is 825. The highest BCUT2D eigenvalue weighted by Crippen LogP contribution is 2.31. The number of rotatable bonds is 5. The van der Waals surface area contributed by atoms with Crippen LogP contribution in [0.25, 0.3) is 0 Å². The summed E-state index contributed by atoms with van der Waals surface area (Å²) in [6, 6.07) is 4.98. The molecule has 144 valence electrons. The van der Waals surface area contributed by atoms with Gasteiger partial charge in [-0.2, -0.15) is 0 Å². The van der Waals surface area contributed by atoms with Crippen LogP contribution in [0.2, 0.25) is 0 Å². The van der Waals surface area contributed by atoms with Crippen LogP contribution in [0.3, 0.4) is 0 Å². The van der Waals surface area contributed by atoms with Gasteiger partial charge in [-0.3, -0.25) is 4.79 Å². The smallest absolute Gasteiger partial charge is 0.319 e. The standard InChI is InChI=1S/C19H26N6O2/c1-12-8-9-14(18(26)20-3)10-16(12)23-19(27)22-13(2)17-24-21-11-25(17)15-6-4-5-7-15/h8-11,13,15H,4-7H2,1-3H3,(H,20,26)(H2,22,23,27)/t13-/m1/s1. The van der Waals surface area contributed by atoms with Gasteiger partial charge in [-0.15, -0.1) is 10.2 Å². The van der Waals surface area contributed by atoms with Crippen molar-refractivity contribution in [1.29, 1.82) is 0 Å². The molecule has 1 fully saturated rings. The second kappa shape index (κ2) is 8.20. The van der Waals surface area contributed by atoms with Crippen molar-refractivity contribution in [3.8, 4) is 0 Å². The van der Waals surface area contributed by atoms with E-state index in [2.05, 4.69) is 30.7 Å². The van der Waals surface area contributed by atoms with Crippen LogP contribution in [-0.4, -0.2) is 33.8 Å². The average Bonchev–Trinajstić information content (AvgIpc) is 3.33. The van der Waals surface area contributed by atoms with E-state index in [0.717, 1.165) is 24.2 Å². The predicted molar refractivity (Wildman–Crippen MR) is 103 cm³/mol. The summed E-state index contributed by atoms with van der Waals surface area (Å²) in [5, 5.41) is 16.5. The summed E-state index contributed by atoms with van der Waals surface area (Å²) in [6.45, 7) is 3.77. The highest BCUT2D eigenvalue weighted by Gasteiger charge is 2.23. The van der Waals surface area contributed by atoms with E-state index in [4.69, 9.17) is 0 Å². The normalized spacial score (nSPS) is 15.4. The number of urea groups is 1. The topological polar surface area (TPSA) is 101 Å². The Kier molecular flexibility index (Phi) is 5.73. The number of carbonyl (C=O) groups excluding carboxylic acids is 2. The van der Waals surface area contributed by atoms with E-state index in [0.29, 0.717) is 17.3 Å². The average molecular weight is 370 g/mol. The molecule has 1 aliphatic carbocycles. The number of nitrogens with zero attached hydrogens (tertiary/aromatic N) is 3. The van der Waals surface area contributed by atoms with Crippen molar-refractivity contribution in [2.75, 3.05) is 12.4 Å². The van der Waals surface area contributed by atoms with Crippen molar-refractivity contribution in [2.45, 2.75) is 51.6 Å². The van der Waals surface area contributed by atoms with Gasteiger partial charge in [0.05, 0.1) is 6.04 Å². The molecule has 0 bridgehead atoms. The lowest BCUT2D eigenvalue weighted by Gasteiger charge is -2.19. The van der Waals surface area contributed by atoms with Gasteiger partial charge in [-0.05, 0) is 44.4 Å². The van der Waals surface area contributed by atoms with E-state index in [9.17, 15) is 9.59 Å². The van der Waals surface area contributed by atoms with E-state index in [1.165, 1.54) is 12.8 Å². The molecule has 2 aromatic rings. The van der Waals surface area contributed by atoms with Crippen molar-refractivity contribution in [3.63, 3.8) is 0 Å². The molecule has 3 rings (SSSR count). The minimum absolute atomic E-state index is 0.198. The molecule has 1 heterocycles. The zero-order valence-electron chi connectivity index (χ0n) is 16.0. The van der Waals surface area contributed by atoms with Gasteiger partial charge in [-0.25, -0.2) is 4.79 Å². The van der Waals surface area contributed by atoms with Crippen LogP contribution in [0.1, 0.15) is 66.4 Å². The van der Waals surface area contributed by atoms with Crippen LogP contribution in [0.4, 0.5) is 10.5 Å². The summed E-state index contributed by atoms with van der Waals surface area (Å²) >= 11 is 0. The number of aromatic nitrogens is 3. The Balaban J connectivity index is 1.68. The van der Waals surface area contributed by atoms with Gasteiger partial charge in [0.1, 0.15) is 6.33 Å². The Labute approximate surface area is 158 Å². The Morgan fingerprint density at radius 3 is 2.70 bits per heavy atom. The second-order valence-corrected chi connectivity index (χ2v) is 6.96. The van der Waals surface area contributed by atoms with Crippen LogP contribution < -0.4 is 16.0 Å². The minimum Gasteiger partial charge on any atom is -0.355 e. The molecule has 0 aliphatic heterocycles. The molecule has 0 spiro atoms. The number of hydrogen-bond acceptors (Lipinski definition) is 4. The number of nitrogens with one attached hydrogen (secondary N) is 3. The molecule has 1 saturated carbocycles. The van der Waals surface area contributed by atoms with E-state index in [1.807, 2.05) is 13.8 Å². The van der Waals surface area contributed by atoms with Crippen molar-refractivity contribution >= 4 is 17.6 Å². The first-order valence-corrected chi connectivity index (χ1v) is 9.29. The van der Waals surface area contributed by atoms with Crippen LogP contribution in [0.15, 0.2) is 24.5 Å². The highest BCUT2D eigenvalue weighted by molar-refractivity contribution is 5.97. The molecule has 8 nitrogen and oxygen atoms in total. The summed E-state index contributed by atoms with van der Waals surface area (Å²) in [6.07, 6.45) is 6.42. The third-order valence-corrected chi connectivity index (χ3v) is 5.03. The maximum atomic E-state index is 12.5. The third-order valence-electron chi connectivity index (χ3n) is 5.03. The van der Waals surface area contributed by atoms with Gasteiger partial charge in [0.25, 0.3) is 5.91 Å². The van der Waals surface area contributed by atoms with Crippen molar-refractivity contribution in [1.82, 2.24) is 25.4 Å².